The van der Waals surface area contributed by atoms with Crippen molar-refractivity contribution in [3.63, 3.8) is 0 Å². The van der Waals surface area contributed by atoms with Gasteiger partial charge in [0.05, 0.1) is 19.3 Å². The minimum Gasteiger partial charge on any atom is -0.276 e. The summed E-state index contributed by atoms with van der Waals surface area (Å²) in [7, 11) is 1.69. The third-order valence-electron chi connectivity index (χ3n) is 1.93. The second kappa shape index (κ2) is 5.45. The van der Waals surface area contributed by atoms with Gasteiger partial charge in [0.15, 0.2) is 0 Å². The van der Waals surface area contributed by atoms with E-state index in [0.717, 1.165) is 12.2 Å². The molecule has 0 aliphatic heterocycles. The highest BCUT2D eigenvalue weighted by molar-refractivity contribution is 5.43. The zero-order valence-corrected chi connectivity index (χ0v) is 9.03. The van der Waals surface area contributed by atoms with Gasteiger partial charge in [0.1, 0.15) is 0 Å². The van der Waals surface area contributed by atoms with Crippen molar-refractivity contribution in [3.05, 3.63) is 42.0 Å². The van der Waals surface area contributed by atoms with Crippen LogP contribution in [0.25, 0.3) is 0 Å². The van der Waals surface area contributed by atoms with Crippen LogP contribution in [0.15, 0.2) is 42.0 Å². The molecule has 2 nitrogen and oxygen atoms in total. The Morgan fingerprint density at radius 2 is 1.93 bits per heavy atom. The Morgan fingerprint density at radius 3 is 2.43 bits per heavy atom. The van der Waals surface area contributed by atoms with Gasteiger partial charge in [-0.1, -0.05) is 29.8 Å². The summed E-state index contributed by atoms with van der Waals surface area (Å²) in [6.45, 7) is 4.94. The van der Waals surface area contributed by atoms with E-state index in [-0.39, 0.29) is 0 Å². The van der Waals surface area contributed by atoms with E-state index in [1.807, 2.05) is 35.4 Å². The number of hydroxylamine groups is 1. The standard InChI is InChI=1S/C12H17NO/c1-11(2)9-10-13(14-3)12-7-5-4-6-8-12/h4-9H,10H2,1-3H3. The zero-order valence-electron chi connectivity index (χ0n) is 9.03. The Hall–Kier alpha value is -1.28. The minimum atomic E-state index is 0.781. The molecule has 1 aromatic rings. The average Bonchev–Trinajstić information content (AvgIpc) is 2.20. The minimum absolute atomic E-state index is 0.781. The predicted molar refractivity (Wildman–Crippen MR) is 60.2 cm³/mol. The summed E-state index contributed by atoms with van der Waals surface area (Å²) in [6.07, 6.45) is 2.14. The van der Waals surface area contributed by atoms with Gasteiger partial charge in [-0.2, -0.15) is 0 Å². The van der Waals surface area contributed by atoms with Gasteiger partial charge in [0, 0.05) is 0 Å². The first-order valence-electron chi connectivity index (χ1n) is 4.74. The topological polar surface area (TPSA) is 12.5 Å². The first-order valence-corrected chi connectivity index (χ1v) is 4.74. The number of benzene rings is 1. The highest BCUT2D eigenvalue weighted by Gasteiger charge is 2.01. The summed E-state index contributed by atoms with van der Waals surface area (Å²) in [5, 5.41) is 1.85. The summed E-state index contributed by atoms with van der Waals surface area (Å²) >= 11 is 0. The molecule has 0 aromatic heterocycles. The van der Waals surface area contributed by atoms with Crippen LogP contribution in [0.2, 0.25) is 0 Å². The summed E-state index contributed by atoms with van der Waals surface area (Å²) in [6, 6.07) is 10.1. The molecule has 76 valence electrons. The van der Waals surface area contributed by atoms with Crippen LogP contribution in [0.1, 0.15) is 13.8 Å². The lowest BCUT2D eigenvalue weighted by Crippen LogP contribution is -2.21. The number of nitrogens with zero attached hydrogens (tertiary/aromatic N) is 1. The molecular formula is C12H17NO. The van der Waals surface area contributed by atoms with Crippen molar-refractivity contribution in [3.8, 4) is 0 Å². The zero-order chi connectivity index (χ0) is 10.4. The van der Waals surface area contributed by atoms with Gasteiger partial charge < -0.3 is 0 Å². The Labute approximate surface area is 85.8 Å². The SMILES string of the molecule is CON(CC=C(C)C)c1ccccc1. The Kier molecular flexibility index (Phi) is 4.20. The van der Waals surface area contributed by atoms with Gasteiger partial charge in [-0.05, 0) is 26.0 Å². The third kappa shape index (κ3) is 3.23. The van der Waals surface area contributed by atoms with Crippen molar-refractivity contribution < 1.29 is 4.84 Å². The fourth-order valence-corrected chi connectivity index (χ4v) is 1.15. The molecule has 0 unspecified atom stereocenters. The molecule has 1 rings (SSSR count). The lowest BCUT2D eigenvalue weighted by atomic mass is 10.3. The number of para-hydroxylation sites is 1. The van der Waals surface area contributed by atoms with Crippen LogP contribution < -0.4 is 5.06 Å². The molecule has 14 heavy (non-hydrogen) atoms. The van der Waals surface area contributed by atoms with E-state index in [2.05, 4.69) is 19.9 Å². The van der Waals surface area contributed by atoms with Gasteiger partial charge in [0.25, 0.3) is 0 Å². The highest BCUT2D eigenvalue weighted by atomic mass is 16.7. The summed E-state index contributed by atoms with van der Waals surface area (Å²) in [5.74, 6) is 0. The lowest BCUT2D eigenvalue weighted by Gasteiger charge is -2.20. The summed E-state index contributed by atoms with van der Waals surface area (Å²) in [4.78, 5) is 5.28. The van der Waals surface area contributed by atoms with Crippen LogP contribution in [0.4, 0.5) is 5.69 Å². The van der Waals surface area contributed by atoms with Crippen LogP contribution >= 0.6 is 0 Å². The molecule has 2 heteroatoms. The van der Waals surface area contributed by atoms with E-state index in [0.29, 0.717) is 0 Å². The normalized spacial score (nSPS) is 9.64. The molecule has 0 bridgehead atoms. The van der Waals surface area contributed by atoms with Crippen LogP contribution in [-0.4, -0.2) is 13.7 Å². The van der Waals surface area contributed by atoms with Crippen LogP contribution in [0, 0.1) is 0 Å². The number of anilines is 1. The van der Waals surface area contributed by atoms with Gasteiger partial charge in [-0.3, -0.25) is 9.90 Å². The van der Waals surface area contributed by atoms with Gasteiger partial charge in [0.2, 0.25) is 0 Å². The van der Waals surface area contributed by atoms with Crippen LogP contribution in [-0.2, 0) is 4.84 Å². The predicted octanol–water partition coefficient (Wildman–Crippen LogP) is 3.02. The average molecular weight is 191 g/mol. The Bertz CT molecular complexity index is 288. The second-order valence-electron chi connectivity index (χ2n) is 3.36. The maximum Gasteiger partial charge on any atom is 0.0640 e. The van der Waals surface area contributed by atoms with Crippen molar-refractivity contribution in [2.75, 3.05) is 18.7 Å². The van der Waals surface area contributed by atoms with Gasteiger partial charge in [-0.15, -0.1) is 0 Å². The molecule has 0 heterocycles. The lowest BCUT2D eigenvalue weighted by molar-refractivity contribution is 0.175. The van der Waals surface area contributed by atoms with Crippen molar-refractivity contribution in [2.45, 2.75) is 13.8 Å². The molecule has 0 fully saturated rings. The van der Waals surface area contributed by atoms with Crippen LogP contribution in [0.5, 0.6) is 0 Å². The van der Waals surface area contributed by atoms with E-state index < -0.39 is 0 Å². The van der Waals surface area contributed by atoms with E-state index >= 15 is 0 Å². The molecule has 0 amide bonds. The van der Waals surface area contributed by atoms with E-state index in [9.17, 15) is 0 Å². The van der Waals surface area contributed by atoms with Gasteiger partial charge >= 0.3 is 0 Å². The molecular weight excluding hydrogens is 174 g/mol. The summed E-state index contributed by atoms with van der Waals surface area (Å²) in [5.41, 5.74) is 2.37. The molecule has 0 aliphatic carbocycles. The largest absolute Gasteiger partial charge is 0.276 e. The van der Waals surface area contributed by atoms with E-state index in [1.165, 1.54) is 5.57 Å². The molecule has 0 saturated carbocycles. The fraction of sp³-hybridized carbons (Fsp3) is 0.333. The molecule has 0 aliphatic rings. The number of rotatable bonds is 4. The van der Waals surface area contributed by atoms with Crippen LogP contribution in [0.3, 0.4) is 0 Å². The highest BCUT2D eigenvalue weighted by Crippen LogP contribution is 2.12. The Balaban J connectivity index is 2.68. The Morgan fingerprint density at radius 1 is 1.29 bits per heavy atom. The maximum atomic E-state index is 5.28. The first-order chi connectivity index (χ1) is 6.74. The fourth-order valence-electron chi connectivity index (χ4n) is 1.15. The summed E-state index contributed by atoms with van der Waals surface area (Å²) < 4.78 is 0. The molecule has 1 aromatic carbocycles. The molecule has 0 saturated heterocycles. The van der Waals surface area contributed by atoms with Crippen molar-refractivity contribution in [1.82, 2.24) is 0 Å². The third-order valence-corrected chi connectivity index (χ3v) is 1.93. The van der Waals surface area contributed by atoms with E-state index in [1.54, 1.807) is 7.11 Å². The van der Waals surface area contributed by atoms with Gasteiger partial charge in [-0.25, -0.2) is 0 Å². The molecule has 0 N–H and O–H groups in total. The quantitative estimate of drug-likeness (QED) is 0.536. The van der Waals surface area contributed by atoms with E-state index in [4.69, 9.17) is 4.84 Å². The molecule has 0 atom stereocenters. The van der Waals surface area contributed by atoms with Crippen molar-refractivity contribution in [1.29, 1.82) is 0 Å². The molecule has 0 spiro atoms. The van der Waals surface area contributed by atoms with Crippen molar-refractivity contribution in [2.24, 2.45) is 0 Å². The first kappa shape index (κ1) is 10.8. The smallest absolute Gasteiger partial charge is 0.0640 e. The molecule has 0 radical (unpaired) electrons. The monoisotopic (exact) mass is 191 g/mol. The number of hydrogen-bond donors (Lipinski definition) is 0. The second-order valence-corrected chi connectivity index (χ2v) is 3.36. The van der Waals surface area contributed by atoms with Crippen molar-refractivity contribution >= 4 is 5.69 Å². The number of allylic oxidation sites excluding steroid dienone is 1. The maximum absolute atomic E-state index is 5.28. The number of hydrogen-bond acceptors (Lipinski definition) is 2.